The van der Waals surface area contributed by atoms with Gasteiger partial charge in [0, 0.05) is 25.0 Å². The Morgan fingerprint density at radius 2 is 2.13 bits per heavy atom. The van der Waals surface area contributed by atoms with Crippen LogP contribution in [0.3, 0.4) is 0 Å². The summed E-state index contributed by atoms with van der Waals surface area (Å²) in [5, 5.41) is 3.20. The monoisotopic (exact) mass is 326 g/mol. The Morgan fingerprint density at radius 3 is 2.83 bits per heavy atom. The van der Waals surface area contributed by atoms with E-state index in [4.69, 9.17) is 0 Å². The minimum absolute atomic E-state index is 0.0697. The number of carbonyl (C=O) groups excluding carboxylic acids is 1. The van der Waals surface area contributed by atoms with Crippen LogP contribution in [0.15, 0.2) is 24.3 Å². The van der Waals surface area contributed by atoms with E-state index in [1.165, 1.54) is 12.1 Å². The van der Waals surface area contributed by atoms with Gasteiger partial charge in [-0.05, 0) is 43.9 Å². The Kier molecular flexibility index (Phi) is 4.36. The average molecular weight is 326 g/mol. The van der Waals surface area contributed by atoms with E-state index < -0.39 is 11.7 Å². The number of nitrogens with zero attached hydrogens (tertiary/aromatic N) is 1. The van der Waals surface area contributed by atoms with Crippen LogP contribution in [0.5, 0.6) is 0 Å². The van der Waals surface area contributed by atoms with Gasteiger partial charge >= 0.3 is 6.18 Å². The Bertz CT molecular complexity index is 587. The van der Waals surface area contributed by atoms with Crippen LogP contribution in [0.2, 0.25) is 0 Å². The summed E-state index contributed by atoms with van der Waals surface area (Å²) in [6.07, 6.45) is -1.65. The van der Waals surface area contributed by atoms with Crippen molar-refractivity contribution in [1.29, 1.82) is 0 Å². The minimum atomic E-state index is -4.34. The molecule has 0 bridgehead atoms. The highest BCUT2D eigenvalue weighted by molar-refractivity contribution is 5.83. The van der Waals surface area contributed by atoms with Crippen molar-refractivity contribution >= 4 is 5.91 Å². The summed E-state index contributed by atoms with van der Waals surface area (Å²) in [5.41, 5.74) is -0.0123. The highest BCUT2D eigenvalue weighted by Crippen LogP contribution is 2.49. The molecule has 3 nitrogen and oxygen atoms in total. The van der Waals surface area contributed by atoms with E-state index in [2.05, 4.69) is 5.32 Å². The number of rotatable bonds is 3. The number of piperidine rings is 1. The van der Waals surface area contributed by atoms with E-state index in [1.807, 2.05) is 11.9 Å². The first-order chi connectivity index (χ1) is 10.9. The van der Waals surface area contributed by atoms with Crippen LogP contribution in [0.1, 0.15) is 36.3 Å². The lowest BCUT2D eigenvalue weighted by molar-refractivity contribution is -0.137. The van der Waals surface area contributed by atoms with Gasteiger partial charge in [0.1, 0.15) is 0 Å². The van der Waals surface area contributed by atoms with Gasteiger partial charge in [-0.2, -0.15) is 13.2 Å². The molecule has 2 aliphatic rings. The predicted octanol–water partition coefficient (Wildman–Crippen LogP) is 3.02. The maximum Gasteiger partial charge on any atom is 0.416 e. The summed E-state index contributed by atoms with van der Waals surface area (Å²) < 4.78 is 38.4. The van der Waals surface area contributed by atoms with E-state index in [9.17, 15) is 18.0 Å². The first-order valence-electron chi connectivity index (χ1n) is 8.03. The number of amides is 1. The molecule has 1 aromatic rings. The number of benzene rings is 1. The second-order valence-electron chi connectivity index (χ2n) is 6.48. The molecule has 2 fully saturated rings. The van der Waals surface area contributed by atoms with Gasteiger partial charge in [0.2, 0.25) is 5.91 Å². The Hall–Kier alpha value is -1.56. The number of nitrogens with one attached hydrogen (secondary N) is 1. The third kappa shape index (κ3) is 3.52. The molecule has 0 unspecified atom stereocenters. The first-order valence-corrected chi connectivity index (χ1v) is 8.03. The highest BCUT2D eigenvalue weighted by Gasteiger charge is 2.46. The molecule has 0 aromatic heterocycles. The molecule has 1 saturated heterocycles. The zero-order chi connectivity index (χ0) is 16.6. The Balaban J connectivity index is 1.66. The maximum atomic E-state index is 12.8. The van der Waals surface area contributed by atoms with Crippen LogP contribution < -0.4 is 5.32 Å². The summed E-state index contributed by atoms with van der Waals surface area (Å²) in [5.74, 6) is -0.138. The van der Waals surface area contributed by atoms with Crippen molar-refractivity contribution < 1.29 is 18.0 Å². The fourth-order valence-electron chi connectivity index (χ4n) is 3.43. The third-order valence-electron chi connectivity index (χ3n) is 4.89. The van der Waals surface area contributed by atoms with Gasteiger partial charge in [0.05, 0.1) is 5.56 Å². The summed E-state index contributed by atoms with van der Waals surface area (Å²) in [6, 6.07) is 5.70. The number of hydrogen-bond acceptors (Lipinski definition) is 2. The van der Waals surface area contributed by atoms with Crippen LogP contribution in [0, 0.1) is 5.92 Å². The van der Waals surface area contributed by atoms with Crippen molar-refractivity contribution in [3.8, 4) is 0 Å². The van der Waals surface area contributed by atoms with Crippen molar-refractivity contribution in [3.05, 3.63) is 35.4 Å². The second-order valence-corrected chi connectivity index (χ2v) is 6.48. The Morgan fingerprint density at radius 1 is 1.35 bits per heavy atom. The molecule has 126 valence electrons. The van der Waals surface area contributed by atoms with Crippen molar-refractivity contribution in [2.45, 2.75) is 37.4 Å². The summed E-state index contributed by atoms with van der Waals surface area (Å²) in [4.78, 5) is 14.4. The normalized spacial score (nSPS) is 27.8. The number of alkyl halides is 3. The van der Waals surface area contributed by atoms with Gasteiger partial charge in [-0.1, -0.05) is 18.2 Å². The maximum absolute atomic E-state index is 12.8. The largest absolute Gasteiger partial charge is 0.416 e. The van der Waals surface area contributed by atoms with E-state index in [1.54, 1.807) is 6.07 Å². The molecule has 3 atom stereocenters. The van der Waals surface area contributed by atoms with Crippen molar-refractivity contribution in [2.75, 3.05) is 20.1 Å². The number of likely N-dealkylation sites (tertiary alicyclic amines) is 1. The second kappa shape index (κ2) is 6.15. The lowest BCUT2D eigenvalue weighted by atomic mass is 10.0. The van der Waals surface area contributed by atoms with E-state index >= 15 is 0 Å². The number of carbonyl (C=O) groups is 1. The molecule has 0 spiro atoms. The fraction of sp³-hybridized carbons (Fsp3) is 0.588. The predicted molar refractivity (Wildman–Crippen MR) is 81.0 cm³/mol. The molecule has 1 heterocycles. The molecule has 1 N–H and O–H groups in total. The van der Waals surface area contributed by atoms with E-state index in [0.717, 1.165) is 25.5 Å². The minimum Gasteiger partial charge on any atom is -0.341 e. The molecular weight excluding hydrogens is 305 g/mol. The zero-order valence-electron chi connectivity index (χ0n) is 13.1. The summed E-state index contributed by atoms with van der Waals surface area (Å²) in [7, 11) is 1.89. The molecule has 6 heteroatoms. The molecule has 1 amide bonds. The lowest BCUT2D eigenvalue weighted by Crippen LogP contribution is -2.47. The summed E-state index contributed by atoms with van der Waals surface area (Å²) in [6.45, 7) is 1.45. The quantitative estimate of drug-likeness (QED) is 0.926. The topological polar surface area (TPSA) is 32.3 Å². The molecule has 1 aliphatic carbocycles. The third-order valence-corrected chi connectivity index (χ3v) is 4.89. The van der Waals surface area contributed by atoms with E-state index in [0.29, 0.717) is 24.6 Å². The SMILES string of the molecule is CN[C@@H]1CCCN(C(=O)[C@H]2C[C@H]2c2cccc(C(F)(F)F)c2)C1. The van der Waals surface area contributed by atoms with Crippen molar-refractivity contribution in [3.63, 3.8) is 0 Å². The van der Waals surface area contributed by atoms with Gasteiger partial charge in [-0.3, -0.25) is 4.79 Å². The Labute approximate surface area is 133 Å². The van der Waals surface area contributed by atoms with Gasteiger partial charge in [-0.25, -0.2) is 0 Å². The van der Waals surface area contributed by atoms with Crippen LogP contribution in [0.4, 0.5) is 13.2 Å². The smallest absolute Gasteiger partial charge is 0.341 e. The lowest BCUT2D eigenvalue weighted by Gasteiger charge is -2.32. The molecule has 1 aromatic carbocycles. The molecule has 23 heavy (non-hydrogen) atoms. The van der Waals surface area contributed by atoms with Crippen LogP contribution in [-0.2, 0) is 11.0 Å². The molecule has 1 saturated carbocycles. The first kappa shape index (κ1) is 16.3. The fourth-order valence-corrected chi connectivity index (χ4v) is 3.43. The van der Waals surface area contributed by atoms with Gasteiger partial charge in [0.25, 0.3) is 0 Å². The molecule has 3 rings (SSSR count). The van der Waals surface area contributed by atoms with E-state index in [-0.39, 0.29) is 17.7 Å². The van der Waals surface area contributed by atoms with Crippen LogP contribution >= 0.6 is 0 Å². The summed E-state index contributed by atoms with van der Waals surface area (Å²) >= 11 is 0. The highest BCUT2D eigenvalue weighted by atomic mass is 19.4. The number of hydrogen-bond donors (Lipinski definition) is 1. The number of likely N-dealkylation sites (N-methyl/N-ethyl adjacent to an activating group) is 1. The zero-order valence-corrected chi connectivity index (χ0v) is 13.1. The van der Waals surface area contributed by atoms with Crippen LogP contribution in [0.25, 0.3) is 0 Å². The van der Waals surface area contributed by atoms with Crippen LogP contribution in [-0.4, -0.2) is 37.0 Å². The molecule has 1 aliphatic heterocycles. The number of halogens is 3. The van der Waals surface area contributed by atoms with Gasteiger partial charge in [0.15, 0.2) is 0 Å². The van der Waals surface area contributed by atoms with Gasteiger partial charge in [-0.15, -0.1) is 0 Å². The molecular formula is C17H21F3N2O. The standard InChI is InChI=1S/C17H21F3N2O/c1-21-13-6-3-7-22(10-13)16(23)15-9-14(15)11-4-2-5-12(8-11)17(18,19)20/h2,4-5,8,13-15,21H,3,6-7,9-10H2,1H3/t13-,14+,15+/m1/s1. The average Bonchev–Trinajstić information content (AvgIpc) is 3.34. The van der Waals surface area contributed by atoms with Gasteiger partial charge < -0.3 is 10.2 Å². The van der Waals surface area contributed by atoms with Crippen molar-refractivity contribution in [2.24, 2.45) is 5.92 Å². The molecule has 0 radical (unpaired) electrons. The van der Waals surface area contributed by atoms with Crippen molar-refractivity contribution in [1.82, 2.24) is 10.2 Å².